The molecule has 90 valence electrons. The van der Waals surface area contributed by atoms with Crippen molar-refractivity contribution in [2.45, 2.75) is 24.8 Å². The number of nitrogens with one attached hydrogen (secondary N) is 1. The molecule has 0 radical (unpaired) electrons. The van der Waals surface area contributed by atoms with E-state index in [4.69, 9.17) is 16.3 Å². The summed E-state index contributed by atoms with van der Waals surface area (Å²) < 4.78 is 5.36. The van der Waals surface area contributed by atoms with Crippen LogP contribution in [0.5, 0.6) is 0 Å². The third-order valence-electron chi connectivity index (χ3n) is 2.99. The predicted molar refractivity (Wildman–Crippen MR) is 64.7 cm³/mol. The van der Waals surface area contributed by atoms with Gasteiger partial charge >= 0.3 is 0 Å². The SMILES string of the molecule is CN(C)CCCNC1(CCl)CCOCC1. The molecule has 15 heavy (non-hydrogen) atoms. The fourth-order valence-corrected chi connectivity index (χ4v) is 2.23. The number of ether oxygens (including phenoxy) is 1. The number of alkyl halides is 1. The minimum Gasteiger partial charge on any atom is -0.381 e. The molecule has 1 fully saturated rings. The fourth-order valence-electron chi connectivity index (χ4n) is 1.87. The summed E-state index contributed by atoms with van der Waals surface area (Å²) in [4.78, 5) is 2.21. The molecule has 0 aliphatic carbocycles. The number of hydrogen-bond acceptors (Lipinski definition) is 3. The Labute approximate surface area is 98.1 Å². The van der Waals surface area contributed by atoms with Gasteiger partial charge in [0.25, 0.3) is 0 Å². The molecule has 0 saturated carbocycles. The highest BCUT2D eigenvalue weighted by molar-refractivity contribution is 6.18. The Morgan fingerprint density at radius 3 is 2.53 bits per heavy atom. The minimum atomic E-state index is 0.131. The van der Waals surface area contributed by atoms with Gasteiger partial charge in [0, 0.05) is 24.6 Å². The zero-order chi connectivity index (χ0) is 11.1. The van der Waals surface area contributed by atoms with Gasteiger partial charge in [-0.25, -0.2) is 0 Å². The van der Waals surface area contributed by atoms with Gasteiger partial charge in [-0.05, 0) is 46.4 Å². The zero-order valence-corrected chi connectivity index (χ0v) is 10.6. The monoisotopic (exact) mass is 234 g/mol. The smallest absolute Gasteiger partial charge is 0.0484 e. The zero-order valence-electron chi connectivity index (χ0n) is 9.89. The van der Waals surface area contributed by atoms with Gasteiger partial charge in [-0.3, -0.25) is 0 Å². The molecule has 3 nitrogen and oxygen atoms in total. The molecule has 0 atom stereocenters. The van der Waals surface area contributed by atoms with Crippen molar-refractivity contribution in [3.8, 4) is 0 Å². The molecule has 0 bridgehead atoms. The summed E-state index contributed by atoms with van der Waals surface area (Å²) in [7, 11) is 4.21. The van der Waals surface area contributed by atoms with E-state index < -0.39 is 0 Å². The highest BCUT2D eigenvalue weighted by Crippen LogP contribution is 2.21. The van der Waals surface area contributed by atoms with E-state index in [2.05, 4.69) is 24.3 Å². The molecule has 0 spiro atoms. The van der Waals surface area contributed by atoms with Crippen molar-refractivity contribution in [3.05, 3.63) is 0 Å². The van der Waals surface area contributed by atoms with Crippen LogP contribution in [0.2, 0.25) is 0 Å². The lowest BCUT2D eigenvalue weighted by Crippen LogP contribution is -2.51. The van der Waals surface area contributed by atoms with Gasteiger partial charge in [-0.2, -0.15) is 0 Å². The molecule has 1 N–H and O–H groups in total. The largest absolute Gasteiger partial charge is 0.381 e. The van der Waals surface area contributed by atoms with Crippen LogP contribution in [0.4, 0.5) is 0 Å². The average Bonchev–Trinajstić information content (AvgIpc) is 2.26. The first kappa shape index (κ1) is 13.2. The minimum absolute atomic E-state index is 0.131. The molecule has 0 aromatic rings. The normalized spacial score (nSPS) is 20.8. The Balaban J connectivity index is 2.20. The van der Waals surface area contributed by atoms with Gasteiger partial charge < -0.3 is 15.0 Å². The van der Waals surface area contributed by atoms with Crippen LogP contribution in [0, 0.1) is 0 Å². The Morgan fingerprint density at radius 2 is 2.00 bits per heavy atom. The summed E-state index contributed by atoms with van der Waals surface area (Å²) in [6.45, 7) is 3.85. The van der Waals surface area contributed by atoms with Crippen LogP contribution < -0.4 is 5.32 Å². The van der Waals surface area contributed by atoms with E-state index in [9.17, 15) is 0 Å². The molecule has 1 aliphatic heterocycles. The number of halogens is 1. The van der Waals surface area contributed by atoms with Crippen molar-refractivity contribution in [1.82, 2.24) is 10.2 Å². The van der Waals surface area contributed by atoms with E-state index in [-0.39, 0.29) is 5.54 Å². The van der Waals surface area contributed by atoms with Gasteiger partial charge in [-0.15, -0.1) is 11.6 Å². The highest BCUT2D eigenvalue weighted by Gasteiger charge is 2.30. The van der Waals surface area contributed by atoms with Gasteiger partial charge in [0.2, 0.25) is 0 Å². The van der Waals surface area contributed by atoms with Crippen molar-refractivity contribution in [3.63, 3.8) is 0 Å². The molecule has 1 saturated heterocycles. The maximum atomic E-state index is 6.05. The molecule has 1 rings (SSSR count). The van der Waals surface area contributed by atoms with E-state index in [1.54, 1.807) is 0 Å². The first-order valence-electron chi connectivity index (χ1n) is 5.72. The predicted octanol–water partition coefficient (Wildman–Crippen LogP) is 1.32. The Hall–Kier alpha value is 0.170. The molecule has 1 heterocycles. The molecular formula is C11H23ClN2O. The van der Waals surface area contributed by atoms with Gasteiger partial charge in [0.05, 0.1) is 0 Å². The topological polar surface area (TPSA) is 24.5 Å². The molecule has 0 aromatic heterocycles. The summed E-state index contributed by atoms with van der Waals surface area (Å²) in [5.74, 6) is 0.693. The van der Waals surface area contributed by atoms with Crippen LogP contribution in [-0.4, -0.2) is 56.7 Å². The average molecular weight is 235 g/mol. The number of rotatable bonds is 6. The number of nitrogens with zero attached hydrogens (tertiary/aromatic N) is 1. The van der Waals surface area contributed by atoms with E-state index in [0.29, 0.717) is 5.88 Å². The summed E-state index contributed by atoms with van der Waals surface area (Å²) >= 11 is 6.05. The second kappa shape index (κ2) is 6.69. The molecular weight excluding hydrogens is 212 g/mol. The summed E-state index contributed by atoms with van der Waals surface area (Å²) in [5.41, 5.74) is 0.131. The lowest BCUT2D eigenvalue weighted by atomic mass is 9.92. The van der Waals surface area contributed by atoms with Crippen LogP contribution in [0.25, 0.3) is 0 Å². The van der Waals surface area contributed by atoms with Crippen LogP contribution in [-0.2, 0) is 4.74 Å². The fraction of sp³-hybridized carbons (Fsp3) is 1.00. The highest BCUT2D eigenvalue weighted by atomic mass is 35.5. The second-order valence-electron chi connectivity index (χ2n) is 4.61. The van der Waals surface area contributed by atoms with Crippen molar-refractivity contribution in [1.29, 1.82) is 0 Å². The standard InChI is InChI=1S/C11H23ClN2O/c1-14(2)7-3-6-13-11(10-12)4-8-15-9-5-11/h13H,3-10H2,1-2H3. The maximum absolute atomic E-state index is 6.05. The second-order valence-corrected chi connectivity index (χ2v) is 4.88. The third-order valence-corrected chi connectivity index (χ3v) is 3.50. The molecule has 0 unspecified atom stereocenters. The van der Waals surface area contributed by atoms with E-state index >= 15 is 0 Å². The van der Waals surface area contributed by atoms with Crippen molar-refractivity contribution in [2.24, 2.45) is 0 Å². The van der Waals surface area contributed by atoms with Gasteiger partial charge in [-0.1, -0.05) is 0 Å². The Bertz CT molecular complexity index is 170. The molecule has 1 aliphatic rings. The van der Waals surface area contributed by atoms with Gasteiger partial charge in [0.15, 0.2) is 0 Å². The summed E-state index contributed by atoms with van der Waals surface area (Å²) in [6.07, 6.45) is 3.25. The first-order chi connectivity index (χ1) is 7.18. The van der Waals surface area contributed by atoms with Crippen LogP contribution in [0.15, 0.2) is 0 Å². The van der Waals surface area contributed by atoms with Crippen molar-refractivity contribution in [2.75, 3.05) is 46.3 Å². The third kappa shape index (κ3) is 4.68. The maximum Gasteiger partial charge on any atom is 0.0484 e. The lowest BCUT2D eigenvalue weighted by molar-refractivity contribution is 0.0464. The molecule has 0 aromatic carbocycles. The van der Waals surface area contributed by atoms with Crippen molar-refractivity contribution < 1.29 is 4.74 Å². The van der Waals surface area contributed by atoms with Gasteiger partial charge in [0.1, 0.15) is 0 Å². The molecule has 4 heteroatoms. The van der Waals surface area contributed by atoms with Crippen LogP contribution in [0.1, 0.15) is 19.3 Å². The van der Waals surface area contributed by atoms with Crippen molar-refractivity contribution >= 4 is 11.6 Å². The quantitative estimate of drug-likeness (QED) is 0.554. The lowest BCUT2D eigenvalue weighted by Gasteiger charge is -2.36. The summed E-state index contributed by atoms with van der Waals surface area (Å²) in [6, 6.07) is 0. The van der Waals surface area contributed by atoms with Crippen LogP contribution in [0.3, 0.4) is 0 Å². The van der Waals surface area contributed by atoms with Crippen LogP contribution >= 0.6 is 11.6 Å². The molecule has 0 amide bonds. The van der Waals surface area contributed by atoms with E-state index in [1.807, 2.05) is 0 Å². The Kier molecular flexibility index (Phi) is 5.90. The number of hydrogen-bond donors (Lipinski definition) is 1. The van der Waals surface area contributed by atoms with E-state index in [1.165, 1.54) is 6.42 Å². The Morgan fingerprint density at radius 1 is 1.33 bits per heavy atom. The first-order valence-corrected chi connectivity index (χ1v) is 6.25. The van der Waals surface area contributed by atoms with E-state index in [0.717, 1.165) is 39.1 Å². The summed E-state index contributed by atoms with van der Waals surface area (Å²) in [5, 5.41) is 3.60.